The molecule has 0 fully saturated rings. The molecule has 0 aliphatic rings. The van der Waals surface area contributed by atoms with Gasteiger partial charge in [0.05, 0.1) is 5.69 Å². The first-order valence-electron chi connectivity index (χ1n) is 10.8. The number of hydrogen-bond acceptors (Lipinski definition) is 3. The third kappa shape index (κ3) is 4.89. The van der Waals surface area contributed by atoms with Crippen LogP contribution in [-0.4, -0.2) is 15.5 Å². The van der Waals surface area contributed by atoms with Crippen molar-refractivity contribution in [1.29, 1.82) is 0 Å². The van der Waals surface area contributed by atoms with Gasteiger partial charge in [0, 0.05) is 49.4 Å². The van der Waals surface area contributed by atoms with Gasteiger partial charge >= 0.3 is 0 Å². The Morgan fingerprint density at radius 2 is 1.81 bits per heavy atom. The average molecular weight is 426 g/mol. The Bertz CT molecular complexity index is 1240. The van der Waals surface area contributed by atoms with E-state index in [4.69, 9.17) is 4.74 Å². The third-order valence-corrected chi connectivity index (χ3v) is 5.49. The van der Waals surface area contributed by atoms with E-state index < -0.39 is 0 Å². The van der Waals surface area contributed by atoms with Crippen molar-refractivity contribution in [3.05, 3.63) is 102 Å². The molecule has 0 spiro atoms. The zero-order valence-corrected chi connectivity index (χ0v) is 18.6. The van der Waals surface area contributed by atoms with Crippen LogP contribution in [0.1, 0.15) is 34.0 Å². The largest absolute Gasteiger partial charge is 0.457 e. The molecule has 2 aromatic carbocycles. The van der Waals surface area contributed by atoms with Gasteiger partial charge < -0.3 is 14.6 Å². The number of carbonyl (C=O) groups excluding carboxylic acids is 1. The van der Waals surface area contributed by atoms with E-state index in [1.165, 1.54) is 5.56 Å². The zero-order chi connectivity index (χ0) is 22.5. The second-order valence-corrected chi connectivity index (χ2v) is 7.83. The topological polar surface area (TPSA) is 56.1 Å². The van der Waals surface area contributed by atoms with E-state index in [0.29, 0.717) is 23.6 Å². The van der Waals surface area contributed by atoms with Crippen molar-refractivity contribution in [2.75, 3.05) is 0 Å². The number of nitrogens with one attached hydrogen (secondary N) is 1. The zero-order valence-electron chi connectivity index (χ0n) is 18.6. The lowest BCUT2D eigenvalue weighted by atomic mass is 10.0. The number of rotatable bonds is 7. The molecule has 1 amide bonds. The molecule has 0 saturated heterocycles. The van der Waals surface area contributed by atoms with Gasteiger partial charge in [0.15, 0.2) is 0 Å². The summed E-state index contributed by atoms with van der Waals surface area (Å²) >= 11 is 0. The fourth-order valence-corrected chi connectivity index (χ4v) is 3.68. The molecule has 1 N–H and O–H groups in total. The van der Waals surface area contributed by atoms with Gasteiger partial charge in [-0.25, -0.2) is 0 Å². The van der Waals surface area contributed by atoms with E-state index in [0.717, 1.165) is 28.8 Å². The summed E-state index contributed by atoms with van der Waals surface area (Å²) in [4.78, 5) is 17.3. The van der Waals surface area contributed by atoms with Crippen LogP contribution in [0.5, 0.6) is 11.5 Å². The van der Waals surface area contributed by atoms with E-state index in [9.17, 15) is 4.79 Å². The van der Waals surface area contributed by atoms with E-state index in [-0.39, 0.29) is 5.91 Å². The minimum Gasteiger partial charge on any atom is -0.457 e. The van der Waals surface area contributed by atoms with Crippen molar-refractivity contribution in [3.8, 4) is 22.8 Å². The molecule has 0 unspecified atom stereocenters. The highest BCUT2D eigenvalue weighted by molar-refractivity contribution is 5.96. The summed E-state index contributed by atoms with van der Waals surface area (Å²) in [7, 11) is 1.98. The fraction of sp³-hybridized carbons (Fsp3) is 0.185. The highest BCUT2D eigenvalue weighted by atomic mass is 16.5. The summed E-state index contributed by atoms with van der Waals surface area (Å²) in [5.41, 5.74) is 5.75. The van der Waals surface area contributed by atoms with Crippen LogP contribution < -0.4 is 10.1 Å². The lowest BCUT2D eigenvalue weighted by Gasteiger charge is -2.12. The van der Waals surface area contributed by atoms with Crippen molar-refractivity contribution in [2.24, 2.45) is 7.05 Å². The molecule has 5 heteroatoms. The second-order valence-electron chi connectivity index (χ2n) is 7.83. The standard InChI is InChI=1S/C27H27N3O2/c1-4-20-7-5-6-8-21(20)17-29-27(31)25-15-23(10-9-19(25)2)32-24-11-13-28-26(16-24)22-12-14-30(3)18-22/h5-16,18H,4,17H2,1-3H3,(H,29,31). The number of hydrogen-bond donors (Lipinski definition) is 1. The van der Waals surface area contributed by atoms with Gasteiger partial charge in [-0.05, 0) is 54.3 Å². The first kappa shape index (κ1) is 21.4. The summed E-state index contributed by atoms with van der Waals surface area (Å²) in [6.45, 7) is 4.55. The smallest absolute Gasteiger partial charge is 0.251 e. The Hall–Kier alpha value is -3.86. The van der Waals surface area contributed by atoms with Crippen molar-refractivity contribution in [2.45, 2.75) is 26.8 Å². The number of benzene rings is 2. The number of nitrogens with zero attached hydrogens (tertiary/aromatic N) is 2. The molecule has 2 aromatic heterocycles. The lowest BCUT2D eigenvalue weighted by Crippen LogP contribution is -2.24. The Morgan fingerprint density at radius 3 is 2.56 bits per heavy atom. The number of carbonyl (C=O) groups is 1. The summed E-state index contributed by atoms with van der Waals surface area (Å²) in [5.74, 6) is 1.17. The van der Waals surface area contributed by atoms with E-state index in [1.807, 2.05) is 73.4 Å². The van der Waals surface area contributed by atoms with Crippen molar-refractivity contribution < 1.29 is 9.53 Å². The quantitative estimate of drug-likeness (QED) is 0.414. The van der Waals surface area contributed by atoms with Gasteiger partial charge in [-0.3, -0.25) is 9.78 Å². The van der Waals surface area contributed by atoms with Crippen LogP contribution in [0.2, 0.25) is 0 Å². The van der Waals surface area contributed by atoms with Gasteiger partial charge in [0.2, 0.25) is 0 Å². The van der Waals surface area contributed by atoms with E-state index in [2.05, 4.69) is 29.4 Å². The van der Waals surface area contributed by atoms with Crippen molar-refractivity contribution in [3.63, 3.8) is 0 Å². The molecule has 0 aliphatic carbocycles. The number of aromatic nitrogens is 2. The molecular formula is C27H27N3O2. The molecule has 4 rings (SSSR count). The summed E-state index contributed by atoms with van der Waals surface area (Å²) in [6, 6.07) is 19.5. The molecule has 5 nitrogen and oxygen atoms in total. The predicted octanol–water partition coefficient (Wildman–Crippen LogP) is 5.68. The van der Waals surface area contributed by atoms with Crippen LogP contribution in [-0.2, 0) is 20.0 Å². The summed E-state index contributed by atoms with van der Waals surface area (Å²) in [6.07, 6.45) is 6.65. The maximum absolute atomic E-state index is 12.9. The average Bonchev–Trinajstić information content (AvgIpc) is 3.25. The first-order valence-corrected chi connectivity index (χ1v) is 10.8. The molecule has 4 aromatic rings. The SMILES string of the molecule is CCc1ccccc1CNC(=O)c1cc(Oc2ccnc(-c3ccn(C)c3)c2)ccc1C. The Morgan fingerprint density at radius 1 is 1.03 bits per heavy atom. The number of amides is 1. The number of ether oxygens (including phenoxy) is 1. The molecule has 0 atom stereocenters. The predicted molar refractivity (Wildman–Crippen MR) is 127 cm³/mol. The van der Waals surface area contributed by atoms with Gasteiger partial charge in [-0.2, -0.15) is 0 Å². The minimum absolute atomic E-state index is 0.112. The van der Waals surface area contributed by atoms with Crippen LogP contribution in [0.25, 0.3) is 11.3 Å². The monoisotopic (exact) mass is 425 g/mol. The fourth-order valence-electron chi connectivity index (χ4n) is 3.68. The maximum Gasteiger partial charge on any atom is 0.251 e. The highest BCUT2D eigenvalue weighted by Crippen LogP contribution is 2.27. The minimum atomic E-state index is -0.112. The van der Waals surface area contributed by atoms with Crippen LogP contribution >= 0.6 is 0 Å². The molecule has 0 radical (unpaired) electrons. The normalized spacial score (nSPS) is 10.7. The highest BCUT2D eigenvalue weighted by Gasteiger charge is 2.12. The molecule has 162 valence electrons. The van der Waals surface area contributed by atoms with Crippen LogP contribution in [0.15, 0.2) is 79.3 Å². The van der Waals surface area contributed by atoms with Gasteiger partial charge in [0.25, 0.3) is 5.91 Å². The molecule has 2 heterocycles. The molecule has 0 bridgehead atoms. The van der Waals surface area contributed by atoms with Crippen LogP contribution in [0.3, 0.4) is 0 Å². The summed E-state index contributed by atoms with van der Waals surface area (Å²) in [5, 5.41) is 3.05. The second kappa shape index (κ2) is 9.52. The van der Waals surface area contributed by atoms with Crippen LogP contribution in [0.4, 0.5) is 0 Å². The van der Waals surface area contributed by atoms with E-state index >= 15 is 0 Å². The number of pyridine rings is 1. The van der Waals surface area contributed by atoms with Crippen LogP contribution in [0, 0.1) is 6.92 Å². The van der Waals surface area contributed by atoms with Gasteiger partial charge in [-0.1, -0.05) is 37.3 Å². The third-order valence-electron chi connectivity index (χ3n) is 5.49. The Labute approximate surface area is 188 Å². The molecule has 32 heavy (non-hydrogen) atoms. The number of aryl methyl sites for hydroxylation is 3. The first-order chi connectivity index (χ1) is 15.5. The maximum atomic E-state index is 12.9. The molecule has 0 aliphatic heterocycles. The molecule has 0 saturated carbocycles. The Kier molecular flexibility index (Phi) is 6.36. The van der Waals surface area contributed by atoms with Crippen molar-refractivity contribution >= 4 is 5.91 Å². The lowest BCUT2D eigenvalue weighted by molar-refractivity contribution is 0.0950. The van der Waals surface area contributed by atoms with Gasteiger partial charge in [0.1, 0.15) is 11.5 Å². The molecular weight excluding hydrogens is 398 g/mol. The van der Waals surface area contributed by atoms with E-state index in [1.54, 1.807) is 12.3 Å². The van der Waals surface area contributed by atoms with Crippen molar-refractivity contribution in [1.82, 2.24) is 14.9 Å². The van der Waals surface area contributed by atoms with Gasteiger partial charge in [-0.15, -0.1) is 0 Å². The Balaban J connectivity index is 1.50. The summed E-state index contributed by atoms with van der Waals surface area (Å²) < 4.78 is 8.05.